The van der Waals surface area contributed by atoms with Crippen LogP contribution in [0.1, 0.15) is 52.8 Å². The van der Waals surface area contributed by atoms with Crippen molar-refractivity contribution >= 4 is 48.2 Å². The SMILES string of the molecule is CC(NP(OC[C@@H]1CC(C)C(n2cnc3c(NCCc4ccccc4)nc(N)nc32)O1)Oc1cccc2ccccc12)C(=O)OCC(C)(C)C. The number of aromatic nitrogens is 4. The van der Waals surface area contributed by atoms with Crippen LogP contribution in [0.2, 0.25) is 0 Å². The first-order valence-electron chi connectivity index (χ1n) is 17.0. The summed E-state index contributed by atoms with van der Waals surface area (Å²) in [6, 6.07) is 23.4. The van der Waals surface area contributed by atoms with E-state index < -0.39 is 14.6 Å². The van der Waals surface area contributed by atoms with Crippen molar-refractivity contribution in [3.63, 3.8) is 0 Å². The maximum Gasteiger partial charge on any atom is 0.323 e. The molecule has 4 unspecified atom stereocenters. The zero-order valence-electron chi connectivity index (χ0n) is 29.2. The summed E-state index contributed by atoms with van der Waals surface area (Å²) in [6.07, 6.45) is 2.70. The Hall–Kier alpha value is -4.35. The Morgan fingerprint density at radius 2 is 1.84 bits per heavy atom. The highest BCUT2D eigenvalue weighted by molar-refractivity contribution is 7.45. The average molecular weight is 700 g/mol. The van der Waals surface area contributed by atoms with E-state index in [1.165, 1.54) is 5.56 Å². The minimum absolute atomic E-state index is 0.121. The Balaban J connectivity index is 1.14. The molecule has 0 radical (unpaired) electrons. The zero-order chi connectivity index (χ0) is 35.3. The number of nitrogens with two attached hydrogens (primary N) is 1. The van der Waals surface area contributed by atoms with Crippen LogP contribution in [0.5, 0.6) is 5.75 Å². The highest BCUT2D eigenvalue weighted by atomic mass is 31.2. The topological polar surface area (TPSA) is 148 Å². The summed E-state index contributed by atoms with van der Waals surface area (Å²) < 4.78 is 26.9. The van der Waals surface area contributed by atoms with Crippen LogP contribution in [0.25, 0.3) is 21.9 Å². The smallest absolute Gasteiger partial charge is 0.323 e. The van der Waals surface area contributed by atoms with Gasteiger partial charge in [-0.25, -0.2) is 10.1 Å². The molecule has 0 bridgehead atoms. The third-order valence-electron chi connectivity index (χ3n) is 8.32. The Labute approximate surface area is 294 Å². The van der Waals surface area contributed by atoms with Gasteiger partial charge in [0.05, 0.1) is 25.6 Å². The molecule has 50 heavy (non-hydrogen) atoms. The molecule has 0 amide bonds. The van der Waals surface area contributed by atoms with E-state index >= 15 is 0 Å². The number of carbonyl (C=O) groups is 1. The van der Waals surface area contributed by atoms with Gasteiger partial charge in [-0.15, -0.1) is 0 Å². The number of carbonyl (C=O) groups excluding carboxylic acids is 1. The van der Waals surface area contributed by atoms with Gasteiger partial charge < -0.3 is 29.6 Å². The number of nitrogens with zero attached hydrogens (tertiary/aromatic N) is 4. The third kappa shape index (κ3) is 8.86. The van der Waals surface area contributed by atoms with E-state index in [0.717, 1.165) is 23.6 Å². The van der Waals surface area contributed by atoms with Crippen molar-refractivity contribution in [2.24, 2.45) is 11.3 Å². The van der Waals surface area contributed by atoms with Gasteiger partial charge in [0.2, 0.25) is 5.95 Å². The van der Waals surface area contributed by atoms with Crippen LogP contribution in [0.4, 0.5) is 11.8 Å². The summed E-state index contributed by atoms with van der Waals surface area (Å²) in [5.74, 6) is 1.15. The lowest BCUT2D eigenvalue weighted by atomic mass is 9.99. The first-order chi connectivity index (χ1) is 24.0. The number of rotatable bonds is 14. The molecule has 0 spiro atoms. The molecule has 264 valence electrons. The van der Waals surface area contributed by atoms with Gasteiger partial charge in [0.1, 0.15) is 18.0 Å². The fourth-order valence-corrected chi connectivity index (χ4v) is 7.05. The predicted molar refractivity (Wildman–Crippen MR) is 197 cm³/mol. The van der Waals surface area contributed by atoms with Crippen LogP contribution in [-0.2, 0) is 25.2 Å². The second kappa shape index (κ2) is 15.7. The molecule has 0 aliphatic carbocycles. The fraction of sp³-hybridized carbons (Fsp3) is 0.405. The highest BCUT2D eigenvalue weighted by Gasteiger charge is 2.36. The van der Waals surface area contributed by atoms with Gasteiger partial charge in [0.25, 0.3) is 0 Å². The summed E-state index contributed by atoms with van der Waals surface area (Å²) in [5.41, 5.74) is 8.46. The van der Waals surface area contributed by atoms with Crippen LogP contribution >= 0.6 is 8.53 Å². The van der Waals surface area contributed by atoms with Gasteiger partial charge in [-0.1, -0.05) is 94.4 Å². The molecular formula is C37H46N7O5P. The van der Waals surface area contributed by atoms with Crippen molar-refractivity contribution in [1.29, 1.82) is 0 Å². The largest absolute Gasteiger partial charge is 0.464 e. The Bertz CT molecular complexity index is 1900. The van der Waals surface area contributed by atoms with Crippen molar-refractivity contribution in [2.45, 2.75) is 65.8 Å². The molecule has 3 aromatic carbocycles. The quantitative estimate of drug-likeness (QED) is 0.0811. The number of esters is 1. The second-order valence-electron chi connectivity index (χ2n) is 13.9. The standard InChI is InChI=1S/C37H46N7O5P/c1-24-20-28(48-34(24)44-23-40-31-32(41-36(38)42-33(31)44)39-19-18-26-12-7-6-8-13-26)21-47-50(43-25(2)35(45)46-22-37(3,4)5)49-30-17-11-15-27-14-9-10-16-29(27)30/h6-17,23-25,28,34,43H,18-22H2,1-5H3,(H3,38,39,41,42)/t24?,25?,28-,34?,50?/m0/s1. The van der Waals surface area contributed by atoms with E-state index in [9.17, 15) is 4.79 Å². The molecule has 13 heteroatoms. The summed E-state index contributed by atoms with van der Waals surface area (Å²) in [4.78, 5) is 26.5. The average Bonchev–Trinajstić information content (AvgIpc) is 3.68. The molecule has 4 N–H and O–H groups in total. The van der Waals surface area contributed by atoms with Crippen molar-refractivity contribution in [2.75, 3.05) is 30.8 Å². The van der Waals surface area contributed by atoms with Crippen molar-refractivity contribution in [1.82, 2.24) is 24.6 Å². The summed E-state index contributed by atoms with van der Waals surface area (Å²) in [7, 11) is -1.77. The molecule has 0 saturated carbocycles. The molecule has 12 nitrogen and oxygen atoms in total. The van der Waals surface area contributed by atoms with E-state index in [2.05, 4.69) is 44.4 Å². The normalized spacial score (nSPS) is 19.0. The van der Waals surface area contributed by atoms with Crippen molar-refractivity contribution in [3.8, 4) is 5.75 Å². The number of hydrogen-bond donors (Lipinski definition) is 3. The number of hydrogen-bond acceptors (Lipinski definition) is 11. The van der Waals surface area contributed by atoms with Gasteiger partial charge in [-0.2, -0.15) is 9.97 Å². The first kappa shape index (κ1) is 35.5. The van der Waals surface area contributed by atoms with Gasteiger partial charge in [-0.05, 0) is 42.2 Å². The zero-order valence-corrected chi connectivity index (χ0v) is 30.1. The number of benzene rings is 3. The van der Waals surface area contributed by atoms with E-state index in [1.54, 1.807) is 13.3 Å². The lowest BCUT2D eigenvalue weighted by Gasteiger charge is -2.25. The Morgan fingerprint density at radius 1 is 1.08 bits per heavy atom. The minimum atomic E-state index is -1.77. The molecule has 6 rings (SSSR count). The molecule has 5 atom stereocenters. The van der Waals surface area contributed by atoms with Crippen LogP contribution in [0, 0.1) is 11.3 Å². The lowest BCUT2D eigenvalue weighted by Crippen LogP contribution is -2.35. The number of imidazole rings is 1. The highest BCUT2D eigenvalue weighted by Crippen LogP contribution is 2.42. The Morgan fingerprint density at radius 3 is 2.64 bits per heavy atom. The predicted octanol–water partition coefficient (Wildman–Crippen LogP) is 7.03. The van der Waals surface area contributed by atoms with E-state index in [4.69, 9.17) is 24.3 Å². The second-order valence-corrected chi connectivity index (χ2v) is 15.1. The molecule has 1 saturated heterocycles. The Kier molecular flexibility index (Phi) is 11.1. The molecule has 5 aromatic rings. The number of fused-ring (bicyclic) bond motifs is 2. The summed E-state index contributed by atoms with van der Waals surface area (Å²) in [6.45, 7) is 11.2. The molecule has 1 aliphatic rings. The molecule has 3 heterocycles. The van der Waals surface area contributed by atoms with E-state index in [0.29, 0.717) is 35.9 Å². The summed E-state index contributed by atoms with van der Waals surface area (Å²) in [5, 5.41) is 8.61. The van der Waals surface area contributed by atoms with Gasteiger partial charge >= 0.3 is 14.5 Å². The lowest BCUT2D eigenvalue weighted by molar-refractivity contribution is -0.148. The number of nitrogen functional groups attached to an aromatic ring is 1. The van der Waals surface area contributed by atoms with Crippen LogP contribution in [-0.4, -0.2) is 57.4 Å². The maximum absolute atomic E-state index is 12.9. The molecule has 1 aliphatic heterocycles. The third-order valence-corrected chi connectivity index (χ3v) is 9.67. The van der Waals surface area contributed by atoms with Crippen molar-refractivity contribution in [3.05, 3.63) is 84.7 Å². The fourth-order valence-electron chi connectivity index (χ4n) is 5.81. The molecular weight excluding hydrogens is 653 g/mol. The first-order valence-corrected chi connectivity index (χ1v) is 18.2. The summed E-state index contributed by atoms with van der Waals surface area (Å²) >= 11 is 0. The van der Waals surface area contributed by atoms with E-state index in [1.807, 2.05) is 86.0 Å². The molecule has 1 fully saturated rings. The van der Waals surface area contributed by atoms with Gasteiger partial charge in [-0.3, -0.25) is 9.36 Å². The number of nitrogens with one attached hydrogen (secondary N) is 2. The maximum atomic E-state index is 12.9. The van der Waals surface area contributed by atoms with Crippen LogP contribution < -0.4 is 20.7 Å². The number of ether oxygens (including phenoxy) is 2. The minimum Gasteiger partial charge on any atom is -0.464 e. The van der Waals surface area contributed by atoms with Gasteiger partial charge in [0, 0.05) is 17.8 Å². The monoisotopic (exact) mass is 699 g/mol. The van der Waals surface area contributed by atoms with Crippen LogP contribution in [0.15, 0.2) is 79.1 Å². The molecule has 2 aromatic heterocycles. The van der Waals surface area contributed by atoms with Crippen LogP contribution in [0.3, 0.4) is 0 Å². The van der Waals surface area contributed by atoms with Crippen molar-refractivity contribution < 1.29 is 23.3 Å². The van der Waals surface area contributed by atoms with E-state index in [-0.39, 0.29) is 42.2 Å². The van der Waals surface area contributed by atoms with Gasteiger partial charge in [0.15, 0.2) is 17.0 Å². The number of anilines is 2.